The molecule has 2 N–H and O–H groups in total. The van der Waals surface area contributed by atoms with Gasteiger partial charge in [-0.2, -0.15) is 0 Å². The van der Waals surface area contributed by atoms with Gasteiger partial charge in [0.15, 0.2) is 11.2 Å². The predicted octanol–water partition coefficient (Wildman–Crippen LogP) is 3.34. The van der Waals surface area contributed by atoms with E-state index in [9.17, 15) is 9.90 Å². The van der Waals surface area contributed by atoms with Crippen LogP contribution < -0.4 is 0 Å². The molecule has 0 amide bonds. The van der Waals surface area contributed by atoms with Gasteiger partial charge in [0.2, 0.25) is 0 Å². The van der Waals surface area contributed by atoms with Gasteiger partial charge in [-0.05, 0) is 25.9 Å². The molecule has 1 aromatic heterocycles. The van der Waals surface area contributed by atoms with Crippen LogP contribution in [-0.4, -0.2) is 39.0 Å². The molecule has 2 aromatic rings. The van der Waals surface area contributed by atoms with Gasteiger partial charge in [-0.15, -0.1) is 0 Å². The van der Waals surface area contributed by atoms with Gasteiger partial charge in [0.05, 0.1) is 5.69 Å². The molecule has 0 radical (unpaired) electrons. The van der Waals surface area contributed by atoms with Gasteiger partial charge >= 0.3 is 5.97 Å². The van der Waals surface area contributed by atoms with Crippen molar-refractivity contribution in [2.75, 3.05) is 13.1 Å². The molecule has 6 heteroatoms. The minimum absolute atomic E-state index is 0.233. The Morgan fingerprint density at radius 1 is 1.23 bits per heavy atom. The minimum Gasteiger partial charge on any atom is -0.480 e. The van der Waals surface area contributed by atoms with E-state index in [4.69, 9.17) is 11.6 Å². The van der Waals surface area contributed by atoms with E-state index in [2.05, 4.69) is 9.97 Å². The lowest BCUT2D eigenvalue weighted by atomic mass is 10.1. The number of benzene rings is 1. The van der Waals surface area contributed by atoms with Crippen molar-refractivity contribution in [3.05, 3.63) is 41.2 Å². The number of carboxylic acid groups (broad SMARTS) is 1. The van der Waals surface area contributed by atoms with E-state index >= 15 is 0 Å². The molecule has 5 nitrogen and oxygen atoms in total. The first-order chi connectivity index (χ1) is 10.7. The Hall–Kier alpha value is -1.85. The second-order valence-corrected chi connectivity index (χ2v) is 5.85. The fourth-order valence-corrected chi connectivity index (χ4v) is 3.15. The lowest BCUT2D eigenvalue weighted by molar-refractivity contribution is -0.144. The number of aromatic amines is 1. The van der Waals surface area contributed by atoms with Gasteiger partial charge in [0.25, 0.3) is 0 Å². The number of likely N-dealkylation sites (tertiary alicyclic amines) is 1. The summed E-state index contributed by atoms with van der Waals surface area (Å²) < 4.78 is 0. The van der Waals surface area contributed by atoms with Crippen LogP contribution in [0.2, 0.25) is 5.15 Å². The molecule has 2 heterocycles. The van der Waals surface area contributed by atoms with Crippen molar-refractivity contribution in [1.82, 2.24) is 14.9 Å². The normalized spacial score (nSPS) is 17.3. The summed E-state index contributed by atoms with van der Waals surface area (Å²) in [6, 6.07) is 8.79. The fraction of sp³-hybridized carbons (Fsp3) is 0.375. The highest BCUT2D eigenvalue weighted by atomic mass is 35.5. The number of H-pyrrole nitrogens is 1. The second kappa shape index (κ2) is 6.50. The van der Waals surface area contributed by atoms with Crippen LogP contribution in [0.1, 0.15) is 31.0 Å². The Balaban J connectivity index is 1.95. The van der Waals surface area contributed by atoms with E-state index < -0.39 is 12.0 Å². The molecule has 1 unspecified atom stereocenters. The molecule has 0 aliphatic carbocycles. The van der Waals surface area contributed by atoms with Gasteiger partial charge < -0.3 is 10.1 Å². The van der Waals surface area contributed by atoms with E-state index in [0.29, 0.717) is 11.5 Å². The van der Waals surface area contributed by atoms with Crippen LogP contribution in [0.3, 0.4) is 0 Å². The summed E-state index contributed by atoms with van der Waals surface area (Å²) in [4.78, 5) is 21.1. The zero-order chi connectivity index (χ0) is 15.5. The number of nitrogens with one attached hydrogen (secondary N) is 1. The number of aliphatic carboxylic acids is 1. The van der Waals surface area contributed by atoms with Crippen molar-refractivity contribution in [3.63, 3.8) is 0 Å². The zero-order valence-corrected chi connectivity index (χ0v) is 12.9. The third kappa shape index (κ3) is 3.00. The molecule has 1 aliphatic heterocycles. The van der Waals surface area contributed by atoms with Gasteiger partial charge in [0.1, 0.15) is 5.82 Å². The van der Waals surface area contributed by atoms with Gasteiger partial charge in [-0.1, -0.05) is 48.4 Å². The molecule has 0 saturated carbocycles. The maximum absolute atomic E-state index is 11.7. The number of carbonyl (C=O) groups is 1. The van der Waals surface area contributed by atoms with Crippen LogP contribution in [0.5, 0.6) is 0 Å². The Morgan fingerprint density at radius 2 is 1.91 bits per heavy atom. The van der Waals surface area contributed by atoms with Crippen LogP contribution in [0.4, 0.5) is 0 Å². The Labute approximate surface area is 133 Å². The molecule has 3 rings (SSSR count). The van der Waals surface area contributed by atoms with Crippen LogP contribution in [0.15, 0.2) is 30.3 Å². The molecule has 116 valence electrons. The van der Waals surface area contributed by atoms with Crippen molar-refractivity contribution in [2.45, 2.75) is 25.3 Å². The third-order valence-corrected chi connectivity index (χ3v) is 4.28. The topological polar surface area (TPSA) is 69.2 Å². The quantitative estimate of drug-likeness (QED) is 0.906. The molecule has 22 heavy (non-hydrogen) atoms. The van der Waals surface area contributed by atoms with Crippen molar-refractivity contribution in [2.24, 2.45) is 0 Å². The van der Waals surface area contributed by atoms with Crippen LogP contribution >= 0.6 is 11.6 Å². The van der Waals surface area contributed by atoms with E-state index in [0.717, 1.165) is 37.9 Å². The highest BCUT2D eigenvalue weighted by molar-refractivity contribution is 6.30. The Morgan fingerprint density at radius 3 is 2.55 bits per heavy atom. The van der Waals surface area contributed by atoms with Gasteiger partial charge in [0, 0.05) is 5.56 Å². The molecule has 0 spiro atoms. The lowest BCUT2D eigenvalue weighted by Gasteiger charge is -2.31. The molecule has 1 aromatic carbocycles. The number of piperidine rings is 1. The van der Waals surface area contributed by atoms with Crippen molar-refractivity contribution in [3.8, 4) is 11.4 Å². The number of hydrogen-bond donors (Lipinski definition) is 2. The van der Waals surface area contributed by atoms with E-state index in [1.807, 2.05) is 35.2 Å². The zero-order valence-electron chi connectivity index (χ0n) is 12.1. The fourth-order valence-electron chi connectivity index (χ4n) is 2.92. The molecule has 1 aliphatic rings. The number of nitrogens with zero attached hydrogens (tertiary/aromatic N) is 2. The van der Waals surface area contributed by atoms with E-state index in [1.165, 1.54) is 0 Å². The monoisotopic (exact) mass is 319 g/mol. The predicted molar refractivity (Wildman–Crippen MR) is 84.8 cm³/mol. The number of rotatable bonds is 4. The molecule has 1 fully saturated rings. The summed E-state index contributed by atoms with van der Waals surface area (Å²) in [6.07, 6.45) is 3.18. The third-order valence-electron chi connectivity index (χ3n) is 4.00. The Kier molecular flexibility index (Phi) is 4.45. The first kappa shape index (κ1) is 15.1. The number of imidazole rings is 1. The maximum atomic E-state index is 11.7. The van der Waals surface area contributed by atoms with Gasteiger partial charge in [-0.25, -0.2) is 4.98 Å². The first-order valence-electron chi connectivity index (χ1n) is 7.44. The summed E-state index contributed by atoms with van der Waals surface area (Å²) in [5.74, 6) is -0.295. The highest BCUT2D eigenvalue weighted by Crippen LogP contribution is 2.31. The maximum Gasteiger partial charge on any atom is 0.327 e. The highest BCUT2D eigenvalue weighted by Gasteiger charge is 2.32. The molecular formula is C16H18ClN3O2. The second-order valence-electron chi connectivity index (χ2n) is 5.49. The molecule has 1 atom stereocenters. The molecule has 1 saturated heterocycles. The standard InChI is InChI=1S/C16H18ClN3O2/c17-14-12(13(16(21)22)20-9-5-2-6-10-20)18-15(19-14)11-7-3-1-4-8-11/h1,3-4,7-8,13H,2,5-6,9-10H2,(H,18,19)(H,21,22). The van der Waals surface area contributed by atoms with Crippen molar-refractivity contribution >= 4 is 17.6 Å². The average molecular weight is 320 g/mol. The minimum atomic E-state index is -0.896. The van der Waals surface area contributed by atoms with E-state index in [1.54, 1.807) is 0 Å². The number of halogens is 1. The molecule has 0 bridgehead atoms. The first-order valence-corrected chi connectivity index (χ1v) is 7.82. The summed E-state index contributed by atoms with van der Waals surface area (Å²) in [6.45, 7) is 1.54. The largest absolute Gasteiger partial charge is 0.480 e. The van der Waals surface area contributed by atoms with E-state index in [-0.39, 0.29) is 5.15 Å². The van der Waals surface area contributed by atoms with Gasteiger partial charge in [-0.3, -0.25) is 9.69 Å². The van der Waals surface area contributed by atoms with Crippen molar-refractivity contribution < 1.29 is 9.90 Å². The smallest absolute Gasteiger partial charge is 0.327 e. The lowest BCUT2D eigenvalue weighted by Crippen LogP contribution is -2.38. The summed E-state index contributed by atoms with van der Waals surface area (Å²) in [5.41, 5.74) is 1.35. The number of hydrogen-bond acceptors (Lipinski definition) is 3. The van der Waals surface area contributed by atoms with Crippen LogP contribution in [0, 0.1) is 0 Å². The average Bonchev–Trinajstić information content (AvgIpc) is 2.91. The van der Waals surface area contributed by atoms with Crippen LogP contribution in [-0.2, 0) is 4.79 Å². The summed E-state index contributed by atoms with van der Waals surface area (Å²) in [5, 5.41) is 9.87. The SMILES string of the molecule is O=C(O)C(c1[nH]c(-c2ccccc2)nc1Cl)N1CCCCC1. The summed E-state index contributed by atoms with van der Waals surface area (Å²) >= 11 is 6.22. The summed E-state index contributed by atoms with van der Waals surface area (Å²) in [7, 11) is 0. The molecular weight excluding hydrogens is 302 g/mol. The Bertz CT molecular complexity index is 651. The van der Waals surface area contributed by atoms with Crippen LogP contribution in [0.25, 0.3) is 11.4 Å². The number of aromatic nitrogens is 2. The van der Waals surface area contributed by atoms with Crippen molar-refractivity contribution in [1.29, 1.82) is 0 Å². The number of carboxylic acids is 1.